The summed E-state index contributed by atoms with van der Waals surface area (Å²) in [7, 11) is 0. The van der Waals surface area contributed by atoms with Gasteiger partial charge in [0.15, 0.2) is 0 Å². The quantitative estimate of drug-likeness (QED) is 0.547. The summed E-state index contributed by atoms with van der Waals surface area (Å²) in [5, 5.41) is 31.9. The van der Waals surface area contributed by atoms with Crippen LogP contribution in [0.2, 0.25) is 0 Å². The fourth-order valence-corrected chi connectivity index (χ4v) is 4.62. The maximum atomic E-state index is 11.2. The lowest BCUT2D eigenvalue weighted by Gasteiger charge is -2.44. The maximum absolute atomic E-state index is 11.2. The first kappa shape index (κ1) is 20.5. The zero-order valence-corrected chi connectivity index (χ0v) is 16.6. The van der Waals surface area contributed by atoms with Crippen molar-refractivity contribution in [1.82, 2.24) is 0 Å². The molecule has 1 unspecified atom stereocenters. The van der Waals surface area contributed by atoms with Crippen molar-refractivity contribution in [1.29, 1.82) is 0 Å². The summed E-state index contributed by atoms with van der Waals surface area (Å²) >= 11 is 0. The van der Waals surface area contributed by atoms with E-state index in [1.54, 1.807) is 6.08 Å². The van der Waals surface area contributed by atoms with Crippen LogP contribution in [0.25, 0.3) is 0 Å². The minimum Gasteiger partial charge on any atom is -0.509 e. The van der Waals surface area contributed by atoms with Gasteiger partial charge in [0.05, 0.1) is 6.10 Å². The average molecular weight is 351 g/mol. The third kappa shape index (κ3) is 4.68. The average Bonchev–Trinajstić information content (AvgIpc) is 2.56. The van der Waals surface area contributed by atoms with Gasteiger partial charge in [-0.2, -0.15) is 0 Å². The third-order valence-corrected chi connectivity index (χ3v) is 6.59. The molecule has 0 bridgehead atoms. The van der Waals surface area contributed by atoms with Crippen LogP contribution in [-0.2, 0) is 0 Å². The lowest BCUT2D eigenvalue weighted by atomic mass is 9.65. The first-order valence-electron chi connectivity index (χ1n) is 10.2. The fourth-order valence-electron chi connectivity index (χ4n) is 4.62. The van der Waals surface area contributed by atoms with Gasteiger partial charge >= 0.3 is 0 Å². The van der Waals surface area contributed by atoms with Crippen LogP contribution in [-0.4, -0.2) is 27.0 Å². The zero-order chi connectivity index (χ0) is 18.7. The van der Waals surface area contributed by atoms with Crippen LogP contribution < -0.4 is 0 Å². The van der Waals surface area contributed by atoms with E-state index in [2.05, 4.69) is 33.8 Å². The lowest BCUT2D eigenvalue weighted by molar-refractivity contribution is -0.0736. The second-order valence-corrected chi connectivity index (χ2v) is 9.06. The number of hydrogen-bond donors (Lipinski definition) is 3. The Bertz CT molecular complexity index is 505. The number of rotatable bonds is 7. The van der Waals surface area contributed by atoms with Crippen LogP contribution in [0.3, 0.4) is 0 Å². The van der Waals surface area contributed by atoms with E-state index in [1.165, 1.54) is 25.7 Å². The molecule has 144 valence electrons. The van der Waals surface area contributed by atoms with Gasteiger partial charge in [0.1, 0.15) is 11.4 Å². The second-order valence-electron chi connectivity index (χ2n) is 9.06. The molecule has 0 aromatic rings. The molecule has 0 amide bonds. The Hall–Kier alpha value is -0.800. The van der Waals surface area contributed by atoms with Crippen molar-refractivity contribution in [2.45, 2.75) is 97.2 Å². The van der Waals surface area contributed by atoms with E-state index in [0.717, 1.165) is 24.8 Å². The molecule has 0 spiro atoms. The molecular weight excluding hydrogens is 312 g/mol. The van der Waals surface area contributed by atoms with E-state index in [0.29, 0.717) is 18.8 Å². The van der Waals surface area contributed by atoms with Crippen molar-refractivity contribution in [3.05, 3.63) is 23.5 Å². The van der Waals surface area contributed by atoms with Crippen molar-refractivity contribution in [3.63, 3.8) is 0 Å². The predicted octanol–water partition coefficient (Wildman–Crippen LogP) is 5.28. The summed E-state index contributed by atoms with van der Waals surface area (Å²) in [5.74, 6) is 0.316. The third-order valence-electron chi connectivity index (χ3n) is 6.59. The standard InChI is InChI=1S/C22H38O3/c1-5-6-7-8-12-21(3,4)17-11-13-22(25,20(24)14-17)19-15-18(23)10-9-16(19)2/h11,14,16,18-19,23-25H,5-10,12-13,15H2,1-4H3/t16-,18-,19-,22?/m1/s1. The predicted molar refractivity (Wildman–Crippen MR) is 103 cm³/mol. The molecule has 1 saturated carbocycles. The highest BCUT2D eigenvalue weighted by Crippen LogP contribution is 2.46. The van der Waals surface area contributed by atoms with Crippen LogP contribution >= 0.6 is 0 Å². The van der Waals surface area contributed by atoms with Gasteiger partial charge in [-0.15, -0.1) is 0 Å². The number of unbranched alkanes of at least 4 members (excludes halogenated alkanes) is 3. The highest BCUT2D eigenvalue weighted by Gasteiger charge is 2.47. The van der Waals surface area contributed by atoms with Gasteiger partial charge in [0.25, 0.3) is 0 Å². The first-order valence-corrected chi connectivity index (χ1v) is 10.2. The van der Waals surface area contributed by atoms with E-state index < -0.39 is 5.60 Å². The maximum Gasteiger partial charge on any atom is 0.128 e. The van der Waals surface area contributed by atoms with E-state index in [1.807, 2.05) is 0 Å². The molecule has 3 N–H and O–H groups in total. The van der Waals surface area contributed by atoms with E-state index >= 15 is 0 Å². The van der Waals surface area contributed by atoms with Gasteiger partial charge in [-0.3, -0.25) is 0 Å². The Morgan fingerprint density at radius 3 is 2.56 bits per heavy atom. The normalized spacial score (nSPS) is 33.8. The Balaban J connectivity index is 2.08. The van der Waals surface area contributed by atoms with Gasteiger partial charge < -0.3 is 15.3 Å². The van der Waals surface area contributed by atoms with E-state index in [4.69, 9.17) is 0 Å². The molecule has 2 rings (SSSR count). The van der Waals surface area contributed by atoms with E-state index in [-0.39, 0.29) is 23.2 Å². The number of aliphatic hydroxyl groups excluding tert-OH is 2. The molecule has 2 aliphatic carbocycles. The van der Waals surface area contributed by atoms with Gasteiger partial charge in [-0.05, 0) is 48.7 Å². The zero-order valence-electron chi connectivity index (χ0n) is 16.6. The molecule has 4 atom stereocenters. The lowest BCUT2D eigenvalue weighted by Crippen LogP contribution is -2.47. The van der Waals surface area contributed by atoms with E-state index in [9.17, 15) is 15.3 Å². The Kier molecular flexibility index (Phi) is 6.78. The van der Waals surface area contributed by atoms with Crippen LogP contribution in [0, 0.1) is 17.3 Å². The summed E-state index contributed by atoms with van der Waals surface area (Å²) in [6.07, 6.45) is 12.3. The smallest absolute Gasteiger partial charge is 0.128 e. The number of aliphatic hydroxyl groups is 3. The van der Waals surface area contributed by atoms with Gasteiger partial charge in [0, 0.05) is 12.3 Å². The second kappa shape index (κ2) is 8.26. The fraction of sp³-hybridized carbons (Fsp3) is 0.818. The molecule has 0 saturated heterocycles. The summed E-state index contributed by atoms with van der Waals surface area (Å²) in [6.45, 7) is 8.80. The molecule has 3 nitrogen and oxygen atoms in total. The summed E-state index contributed by atoms with van der Waals surface area (Å²) in [6, 6.07) is 0. The monoisotopic (exact) mass is 350 g/mol. The highest BCUT2D eigenvalue weighted by atomic mass is 16.3. The van der Waals surface area contributed by atoms with Crippen molar-refractivity contribution in [3.8, 4) is 0 Å². The minimum atomic E-state index is -1.22. The van der Waals surface area contributed by atoms with Crippen LogP contribution in [0.4, 0.5) is 0 Å². The van der Waals surface area contributed by atoms with Crippen molar-refractivity contribution in [2.24, 2.45) is 17.3 Å². The Labute approximate surface area is 153 Å². The molecule has 2 aliphatic rings. The number of hydrogen-bond acceptors (Lipinski definition) is 3. The molecule has 0 aromatic carbocycles. The van der Waals surface area contributed by atoms with Crippen molar-refractivity contribution < 1.29 is 15.3 Å². The minimum absolute atomic E-state index is 0.0146. The molecular formula is C22H38O3. The summed E-state index contributed by atoms with van der Waals surface area (Å²) in [5.41, 5.74) is -0.0706. The molecule has 1 fully saturated rings. The van der Waals surface area contributed by atoms with Crippen LogP contribution in [0.5, 0.6) is 0 Å². The first-order chi connectivity index (χ1) is 11.7. The molecule has 3 heteroatoms. The number of allylic oxidation sites excluding steroid dienone is 2. The summed E-state index contributed by atoms with van der Waals surface area (Å²) in [4.78, 5) is 0. The van der Waals surface area contributed by atoms with Gasteiger partial charge in [-0.25, -0.2) is 0 Å². The topological polar surface area (TPSA) is 60.7 Å². The van der Waals surface area contributed by atoms with Gasteiger partial charge in [-0.1, -0.05) is 59.5 Å². The molecule has 0 heterocycles. The molecule has 25 heavy (non-hydrogen) atoms. The Morgan fingerprint density at radius 1 is 1.20 bits per heavy atom. The SMILES string of the molecule is CCCCCCC(C)(C)C1=CCC(O)([C@@H]2C[C@H](O)CC[C@H]2C)C(O)=C1. The van der Waals surface area contributed by atoms with Gasteiger partial charge in [0.2, 0.25) is 0 Å². The largest absolute Gasteiger partial charge is 0.509 e. The molecule has 0 aliphatic heterocycles. The highest BCUT2D eigenvalue weighted by molar-refractivity contribution is 5.36. The Morgan fingerprint density at radius 2 is 1.92 bits per heavy atom. The van der Waals surface area contributed by atoms with Crippen LogP contribution in [0.15, 0.2) is 23.5 Å². The summed E-state index contributed by atoms with van der Waals surface area (Å²) < 4.78 is 0. The van der Waals surface area contributed by atoms with Crippen LogP contribution in [0.1, 0.15) is 85.5 Å². The van der Waals surface area contributed by atoms with Crippen molar-refractivity contribution >= 4 is 0 Å². The van der Waals surface area contributed by atoms with Crippen molar-refractivity contribution in [2.75, 3.05) is 0 Å². The molecule has 0 radical (unpaired) electrons. The molecule has 0 aromatic heterocycles.